The van der Waals surface area contributed by atoms with E-state index in [-0.39, 0.29) is 72.2 Å². The van der Waals surface area contributed by atoms with Crippen LogP contribution in [0.3, 0.4) is 0 Å². The molecule has 370 valence electrons. The Morgan fingerprint density at radius 1 is 0.615 bits per heavy atom. The molecule has 24 unspecified atom stereocenters. The molecule has 2 saturated carbocycles. The lowest BCUT2D eigenvalue weighted by Gasteiger charge is -2.53. The van der Waals surface area contributed by atoms with Crippen LogP contribution in [0.4, 0.5) is 0 Å². The maximum Gasteiger partial charge on any atom is 0.176 e. The molecule has 16 heteroatoms. The summed E-state index contributed by atoms with van der Waals surface area (Å²) in [6.45, 7) is 14.4. The first-order valence-electron chi connectivity index (χ1n) is 24.6. The Hall–Kier alpha value is -1.19. The Bertz CT molecular complexity index is 1700. The maximum atomic E-state index is 13.4. The van der Waals surface area contributed by atoms with Gasteiger partial charge in [-0.25, -0.2) is 0 Å². The van der Waals surface area contributed by atoms with Gasteiger partial charge in [-0.1, -0.05) is 18.6 Å². The SMILES string of the molecule is COC1CC(OC2C(C)OC(OC3C(C)OC(OC4C(C)OC(OC5CCC6(C)C(=CCC78OC(C)C9CCC(=O)C9(C)C(CC76)O8)C5)CC4OC)CC3OC)CC2OC)OC(C)C1O. The molecule has 1 N–H and O–H groups in total. The van der Waals surface area contributed by atoms with Crippen molar-refractivity contribution in [2.75, 3.05) is 28.4 Å². The molecule has 2 bridgehead atoms. The van der Waals surface area contributed by atoms with Gasteiger partial charge in [0.25, 0.3) is 0 Å². The van der Waals surface area contributed by atoms with E-state index in [9.17, 15) is 9.90 Å². The Morgan fingerprint density at radius 2 is 1.11 bits per heavy atom. The van der Waals surface area contributed by atoms with E-state index in [2.05, 4.69) is 26.8 Å². The lowest BCUT2D eigenvalue weighted by Crippen LogP contribution is -2.58. The molecule has 6 saturated heterocycles. The highest BCUT2D eigenvalue weighted by Crippen LogP contribution is 2.66. The predicted octanol–water partition coefficient (Wildman–Crippen LogP) is 5.51. The molecule has 3 aliphatic carbocycles. The zero-order valence-corrected chi connectivity index (χ0v) is 40.6. The van der Waals surface area contributed by atoms with Crippen LogP contribution in [-0.4, -0.2) is 162 Å². The Balaban J connectivity index is 0.770. The second-order valence-electron chi connectivity index (χ2n) is 21.1. The number of ketones is 1. The van der Waals surface area contributed by atoms with Gasteiger partial charge < -0.3 is 71.4 Å². The number of hydrogen-bond acceptors (Lipinski definition) is 16. The van der Waals surface area contributed by atoms with Crippen molar-refractivity contribution in [3.05, 3.63) is 11.6 Å². The van der Waals surface area contributed by atoms with E-state index in [1.165, 1.54) is 5.57 Å². The molecule has 24 atom stereocenters. The minimum Gasteiger partial charge on any atom is -0.388 e. The Kier molecular flexibility index (Phi) is 14.4. The van der Waals surface area contributed by atoms with Crippen molar-refractivity contribution in [2.45, 2.75) is 242 Å². The van der Waals surface area contributed by atoms with Gasteiger partial charge in [-0.05, 0) is 79.1 Å². The van der Waals surface area contributed by atoms with E-state index in [1.807, 2.05) is 27.7 Å². The number of ether oxygens (including phenoxy) is 14. The Labute approximate surface area is 385 Å². The van der Waals surface area contributed by atoms with Crippen LogP contribution in [0.5, 0.6) is 0 Å². The van der Waals surface area contributed by atoms with Crippen LogP contribution >= 0.6 is 0 Å². The van der Waals surface area contributed by atoms with Gasteiger partial charge in [0.1, 0.15) is 30.2 Å². The van der Waals surface area contributed by atoms with E-state index >= 15 is 0 Å². The number of Topliss-reactive ketones (excluding diaryl/α,β-unsaturated/α-hetero) is 1. The molecule has 0 aromatic carbocycles. The van der Waals surface area contributed by atoms with Crippen LogP contribution in [0.15, 0.2) is 11.6 Å². The number of carbonyl (C=O) groups excluding carboxylic acids is 1. The van der Waals surface area contributed by atoms with Gasteiger partial charge in [-0.15, -0.1) is 0 Å². The minimum absolute atomic E-state index is 0.00202. The molecule has 6 heterocycles. The van der Waals surface area contributed by atoms with Crippen LogP contribution < -0.4 is 0 Å². The normalized spacial score (nSPS) is 53.4. The summed E-state index contributed by atoms with van der Waals surface area (Å²) in [5.41, 5.74) is 0.832. The van der Waals surface area contributed by atoms with Crippen molar-refractivity contribution in [2.24, 2.45) is 22.7 Å². The summed E-state index contributed by atoms with van der Waals surface area (Å²) < 4.78 is 89.3. The van der Waals surface area contributed by atoms with E-state index in [0.717, 1.165) is 32.1 Å². The zero-order chi connectivity index (χ0) is 46.2. The van der Waals surface area contributed by atoms with Crippen molar-refractivity contribution in [1.82, 2.24) is 0 Å². The molecule has 9 aliphatic rings. The predicted molar refractivity (Wildman–Crippen MR) is 231 cm³/mol. The second-order valence-corrected chi connectivity index (χ2v) is 21.1. The minimum atomic E-state index is -0.732. The number of hydrogen-bond donors (Lipinski definition) is 1. The van der Waals surface area contributed by atoms with Crippen molar-refractivity contribution < 1.29 is 76.2 Å². The van der Waals surface area contributed by atoms with Crippen LogP contribution in [-0.2, 0) is 71.1 Å². The van der Waals surface area contributed by atoms with Crippen molar-refractivity contribution >= 4 is 5.78 Å². The lowest BCUT2D eigenvalue weighted by atomic mass is 9.56. The summed E-state index contributed by atoms with van der Waals surface area (Å²) in [4.78, 5) is 13.4. The molecule has 0 amide bonds. The van der Waals surface area contributed by atoms with E-state index in [4.69, 9.17) is 66.3 Å². The van der Waals surface area contributed by atoms with E-state index < -0.39 is 73.0 Å². The summed E-state index contributed by atoms with van der Waals surface area (Å²) in [6, 6.07) is 0. The van der Waals surface area contributed by atoms with Crippen LogP contribution in [0.25, 0.3) is 0 Å². The molecule has 1 spiro atoms. The first-order valence-corrected chi connectivity index (χ1v) is 24.6. The molecule has 0 radical (unpaired) electrons. The number of fused-ring (bicyclic) bond motifs is 5. The third-order valence-corrected chi connectivity index (χ3v) is 17.6. The smallest absolute Gasteiger partial charge is 0.176 e. The van der Waals surface area contributed by atoms with Gasteiger partial charge in [0.05, 0.1) is 72.6 Å². The highest BCUT2D eigenvalue weighted by Gasteiger charge is 2.69. The lowest BCUT2D eigenvalue weighted by molar-refractivity contribution is -0.347. The topological polar surface area (TPSA) is 167 Å². The van der Waals surface area contributed by atoms with E-state index in [0.29, 0.717) is 44.3 Å². The quantitative estimate of drug-likeness (QED) is 0.243. The number of rotatable bonds is 12. The van der Waals surface area contributed by atoms with Crippen LogP contribution in [0.2, 0.25) is 0 Å². The van der Waals surface area contributed by atoms with Crippen LogP contribution in [0.1, 0.15) is 119 Å². The van der Waals surface area contributed by atoms with E-state index in [1.54, 1.807) is 28.4 Å². The molecule has 65 heavy (non-hydrogen) atoms. The van der Waals surface area contributed by atoms with Gasteiger partial charge in [0.15, 0.2) is 30.9 Å². The molecule has 9 rings (SSSR count). The van der Waals surface area contributed by atoms with Gasteiger partial charge in [0.2, 0.25) is 0 Å². The maximum absolute atomic E-state index is 13.4. The van der Waals surface area contributed by atoms with Gasteiger partial charge in [0, 0.05) is 78.8 Å². The summed E-state index contributed by atoms with van der Waals surface area (Å²) in [7, 11) is 6.62. The average molecular weight is 923 g/mol. The zero-order valence-electron chi connectivity index (χ0n) is 40.6. The average Bonchev–Trinajstić information content (AvgIpc) is 3.80. The summed E-state index contributed by atoms with van der Waals surface area (Å²) in [5, 5.41) is 10.4. The first kappa shape index (κ1) is 48.8. The molecule has 6 aliphatic heterocycles. The molecule has 0 aromatic heterocycles. The molecular weight excluding hydrogens is 845 g/mol. The Morgan fingerprint density at radius 3 is 1.63 bits per heavy atom. The molecule has 16 nitrogen and oxygen atoms in total. The summed E-state index contributed by atoms with van der Waals surface area (Å²) in [6.07, 6.45) is 2.61. The summed E-state index contributed by atoms with van der Waals surface area (Å²) >= 11 is 0. The fourth-order valence-electron chi connectivity index (χ4n) is 13.7. The fraction of sp³-hybridized carbons (Fsp3) is 0.939. The molecule has 8 fully saturated rings. The second kappa shape index (κ2) is 19.2. The number of aliphatic hydroxyl groups is 1. The number of methoxy groups -OCH3 is 4. The highest BCUT2D eigenvalue weighted by atomic mass is 16.8. The third kappa shape index (κ3) is 8.87. The van der Waals surface area contributed by atoms with Crippen LogP contribution in [0, 0.1) is 22.7 Å². The molecule has 0 aromatic rings. The molecular formula is C49H78O16. The first-order chi connectivity index (χ1) is 31.0. The highest BCUT2D eigenvalue weighted by molar-refractivity contribution is 5.88. The van der Waals surface area contributed by atoms with Crippen molar-refractivity contribution in [3.63, 3.8) is 0 Å². The van der Waals surface area contributed by atoms with Crippen molar-refractivity contribution in [1.29, 1.82) is 0 Å². The van der Waals surface area contributed by atoms with Gasteiger partial charge in [-0.3, -0.25) is 4.79 Å². The largest absolute Gasteiger partial charge is 0.388 e. The fourth-order valence-corrected chi connectivity index (χ4v) is 13.7. The standard InChI is InChI=1S/C49H78O16/c1-24-31-12-13-37(50)48(31,7)38-23-36-47(6)16-15-30(18-29(47)14-17-49(36,64-24)65-38)60-39-20-33(53-9)44(26(3)57-39)62-41-22-35(55-11)46(28(5)59-41)63-42-21-34(54-10)45(27(4)58-42)61-40-19-32(52-8)43(51)25(2)56-40/h14,24-28,30-36,38-46,51H,12-13,15-23H2,1-11H3. The number of carbonyl (C=O) groups is 1. The van der Waals surface area contributed by atoms with Gasteiger partial charge >= 0.3 is 0 Å². The number of aliphatic hydroxyl groups excluding tert-OH is 1. The third-order valence-electron chi connectivity index (χ3n) is 17.6. The monoisotopic (exact) mass is 923 g/mol. The van der Waals surface area contributed by atoms with Gasteiger partial charge in [-0.2, -0.15) is 0 Å². The summed E-state index contributed by atoms with van der Waals surface area (Å²) in [5.74, 6) is 0.0605. The van der Waals surface area contributed by atoms with Crippen molar-refractivity contribution in [3.8, 4) is 0 Å².